The molecule has 2 N–H and O–H groups in total. The summed E-state index contributed by atoms with van der Waals surface area (Å²) in [5.41, 5.74) is 0.622. The van der Waals surface area contributed by atoms with Gasteiger partial charge in [0.15, 0.2) is 11.5 Å². The van der Waals surface area contributed by atoms with E-state index in [1.165, 1.54) is 12.8 Å². The van der Waals surface area contributed by atoms with Crippen molar-refractivity contribution in [3.63, 3.8) is 0 Å². The second kappa shape index (κ2) is 7.88. The van der Waals surface area contributed by atoms with E-state index in [0.29, 0.717) is 17.4 Å². The standard InChI is InChI=1S/C19H28N2O3/c1-13-11-15(9-10-20-13)21-19(22)14-7-8-17(18(12-14)23-2)24-16-5-3-4-6-16/h7-8,12-13,15-16,20H,3-6,9-11H2,1-2H3,(H,21,22). The lowest BCUT2D eigenvalue weighted by molar-refractivity contribution is 0.0925. The van der Waals surface area contributed by atoms with Crippen molar-refractivity contribution in [1.29, 1.82) is 0 Å². The number of ether oxygens (including phenoxy) is 2. The summed E-state index contributed by atoms with van der Waals surface area (Å²) in [5, 5.41) is 6.53. The number of amides is 1. The number of methoxy groups -OCH3 is 1. The quantitative estimate of drug-likeness (QED) is 0.870. The summed E-state index contributed by atoms with van der Waals surface area (Å²) in [6, 6.07) is 6.14. The molecule has 24 heavy (non-hydrogen) atoms. The highest BCUT2D eigenvalue weighted by Gasteiger charge is 2.22. The normalized spacial score (nSPS) is 24.6. The zero-order chi connectivity index (χ0) is 16.9. The van der Waals surface area contributed by atoms with Crippen molar-refractivity contribution in [2.24, 2.45) is 0 Å². The Morgan fingerprint density at radius 3 is 2.71 bits per heavy atom. The Morgan fingerprint density at radius 1 is 1.21 bits per heavy atom. The summed E-state index contributed by atoms with van der Waals surface area (Å²) >= 11 is 0. The van der Waals surface area contributed by atoms with Crippen molar-refractivity contribution in [3.05, 3.63) is 23.8 Å². The lowest BCUT2D eigenvalue weighted by atomic mass is 10.00. The van der Waals surface area contributed by atoms with E-state index < -0.39 is 0 Å². The summed E-state index contributed by atoms with van der Waals surface area (Å²) < 4.78 is 11.5. The van der Waals surface area contributed by atoms with Gasteiger partial charge in [-0.15, -0.1) is 0 Å². The lowest BCUT2D eigenvalue weighted by Crippen LogP contribution is -2.46. The largest absolute Gasteiger partial charge is 0.493 e. The van der Waals surface area contributed by atoms with Crippen LogP contribution in [0.15, 0.2) is 18.2 Å². The number of carbonyl (C=O) groups excluding carboxylic acids is 1. The molecule has 1 aliphatic carbocycles. The highest BCUT2D eigenvalue weighted by atomic mass is 16.5. The van der Waals surface area contributed by atoms with Gasteiger partial charge in [0.2, 0.25) is 0 Å². The van der Waals surface area contributed by atoms with Crippen LogP contribution in [0.2, 0.25) is 0 Å². The van der Waals surface area contributed by atoms with E-state index in [0.717, 1.165) is 38.0 Å². The Labute approximate surface area is 144 Å². The van der Waals surface area contributed by atoms with Crippen LogP contribution >= 0.6 is 0 Å². The number of nitrogens with one attached hydrogen (secondary N) is 2. The molecule has 1 aliphatic heterocycles. The highest BCUT2D eigenvalue weighted by molar-refractivity contribution is 5.95. The van der Waals surface area contributed by atoms with E-state index >= 15 is 0 Å². The third-order valence-electron chi connectivity index (χ3n) is 4.98. The van der Waals surface area contributed by atoms with Crippen molar-refractivity contribution < 1.29 is 14.3 Å². The topological polar surface area (TPSA) is 59.6 Å². The minimum atomic E-state index is -0.0418. The molecule has 3 rings (SSSR count). The fourth-order valence-electron chi connectivity index (χ4n) is 3.62. The summed E-state index contributed by atoms with van der Waals surface area (Å²) in [5.74, 6) is 1.32. The molecule has 1 saturated heterocycles. The molecular weight excluding hydrogens is 304 g/mol. The molecule has 1 aromatic carbocycles. The van der Waals surface area contributed by atoms with Gasteiger partial charge in [-0.2, -0.15) is 0 Å². The molecule has 132 valence electrons. The van der Waals surface area contributed by atoms with Crippen molar-refractivity contribution in [3.8, 4) is 11.5 Å². The Balaban J connectivity index is 1.65. The Hall–Kier alpha value is -1.75. The fourth-order valence-corrected chi connectivity index (χ4v) is 3.62. The number of hydrogen-bond donors (Lipinski definition) is 2. The van der Waals surface area contributed by atoms with Crippen LogP contribution in [0.1, 0.15) is 55.8 Å². The predicted octanol–water partition coefficient (Wildman–Crippen LogP) is 2.89. The van der Waals surface area contributed by atoms with Gasteiger partial charge >= 0.3 is 0 Å². The first-order chi connectivity index (χ1) is 11.7. The predicted molar refractivity (Wildman–Crippen MR) is 93.8 cm³/mol. The van der Waals surface area contributed by atoms with Gasteiger partial charge in [0.1, 0.15) is 0 Å². The number of rotatable bonds is 5. The summed E-state index contributed by atoms with van der Waals surface area (Å²) in [6.07, 6.45) is 6.85. The van der Waals surface area contributed by atoms with E-state index in [2.05, 4.69) is 17.6 Å². The van der Waals surface area contributed by atoms with Crippen LogP contribution in [0.5, 0.6) is 11.5 Å². The van der Waals surface area contributed by atoms with Gasteiger partial charge in [0, 0.05) is 17.6 Å². The maximum atomic E-state index is 12.5. The Bertz CT molecular complexity index is 570. The maximum Gasteiger partial charge on any atom is 0.251 e. The minimum absolute atomic E-state index is 0.0418. The van der Waals surface area contributed by atoms with Crippen molar-refractivity contribution in [2.45, 2.75) is 63.6 Å². The average molecular weight is 332 g/mol. The molecule has 0 bridgehead atoms. The molecule has 1 aromatic rings. The molecule has 0 spiro atoms. The molecule has 5 heteroatoms. The number of carbonyl (C=O) groups is 1. The van der Waals surface area contributed by atoms with Gasteiger partial charge in [-0.25, -0.2) is 0 Å². The van der Waals surface area contributed by atoms with E-state index in [9.17, 15) is 4.79 Å². The number of hydrogen-bond acceptors (Lipinski definition) is 4. The number of benzene rings is 1. The third-order valence-corrected chi connectivity index (χ3v) is 4.98. The van der Waals surface area contributed by atoms with Crippen LogP contribution in [-0.2, 0) is 0 Å². The van der Waals surface area contributed by atoms with Crippen LogP contribution in [0, 0.1) is 0 Å². The Morgan fingerprint density at radius 2 is 2.00 bits per heavy atom. The number of piperidine rings is 1. The van der Waals surface area contributed by atoms with Crippen LogP contribution < -0.4 is 20.1 Å². The molecule has 2 aliphatic rings. The van der Waals surface area contributed by atoms with Gasteiger partial charge in [-0.3, -0.25) is 4.79 Å². The van der Waals surface area contributed by atoms with E-state index in [1.54, 1.807) is 13.2 Å². The van der Waals surface area contributed by atoms with Crippen LogP contribution in [0.25, 0.3) is 0 Å². The van der Waals surface area contributed by atoms with Gasteiger partial charge in [-0.1, -0.05) is 0 Å². The van der Waals surface area contributed by atoms with Crippen molar-refractivity contribution >= 4 is 5.91 Å². The van der Waals surface area contributed by atoms with E-state index in [1.807, 2.05) is 12.1 Å². The summed E-state index contributed by atoms with van der Waals surface area (Å²) in [6.45, 7) is 3.10. The van der Waals surface area contributed by atoms with Crippen LogP contribution in [0.3, 0.4) is 0 Å². The fraction of sp³-hybridized carbons (Fsp3) is 0.632. The average Bonchev–Trinajstić information content (AvgIpc) is 3.08. The van der Waals surface area contributed by atoms with Crippen molar-refractivity contribution in [2.75, 3.05) is 13.7 Å². The molecule has 1 amide bonds. The van der Waals surface area contributed by atoms with Gasteiger partial charge in [-0.05, 0) is 70.2 Å². The third kappa shape index (κ3) is 4.20. The van der Waals surface area contributed by atoms with Gasteiger partial charge < -0.3 is 20.1 Å². The Kier molecular flexibility index (Phi) is 5.61. The molecule has 5 nitrogen and oxygen atoms in total. The maximum absolute atomic E-state index is 12.5. The molecule has 0 aromatic heterocycles. The SMILES string of the molecule is COc1cc(C(=O)NC2CCNC(C)C2)ccc1OC1CCCC1. The first kappa shape index (κ1) is 17.1. The molecule has 2 atom stereocenters. The summed E-state index contributed by atoms with van der Waals surface area (Å²) in [4.78, 5) is 12.5. The lowest BCUT2D eigenvalue weighted by Gasteiger charge is -2.28. The zero-order valence-corrected chi connectivity index (χ0v) is 14.6. The first-order valence-electron chi connectivity index (χ1n) is 9.04. The zero-order valence-electron chi connectivity index (χ0n) is 14.6. The van der Waals surface area contributed by atoms with Crippen LogP contribution in [-0.4, -0.2) is 37.7 Å². The molecule has 1 saturated carbocycles. The van der Waals surface area contributed by atoms with E-state index in [4.69, 9.17) is 9.47 Å². The molecule has 2 unspecified atom stereocenters. The first-order valence-corrected chi connectivity index (χ1v) is 9.04. The van der Waals surface area contributed by atoms with Gasteiger partial charge in [0.25, 0.3) is 5.91 Å². The van der Waals surface area contributed by atoms with E-state index in [-0.39, 0.29) is 18.1 Å². The molecular formula is C19H28N2O3. The molecule has 2 fully saturated rings. The second-order valence-corrected chi connectivity index (χ2v) is 6.94. The second-order valence-electron chi connectivity index (χ2n) is 6.94. The van der Waals surface area contributed by atoms with Crippen LogP contribution in [0.4, 0.5) is 0 Å². The highest BCUT2D eigenvalue weighted by Crippen LogP contribution is 2.32. The van der Waals surface area contributed by atoms with Crippen molar-refractivity contribution in [1.82, 2.24) is 10.6 Å². The minimum Gasteiger partial charge on any atom is -0.493 e. The van der Waals surface area contributed by atoms with Gasteiger partial charge in [0.05, 0.1) is 13.2 Å². The summed E-state index contributed by atoms with van der Waals surface area (Å²) in [7, 11) is 1.62. The smallest absolute Gasteiger partial charge is 0.251 e. The molecule has 0 radical (unpaired) electrons. The molecule has 1 heterocycles. The monoisotopic (exact) mass is 332 g/mol.